The Hall–Kier alpha value is -4.29. The molecule has 1 heterocycles. The molecule has 0 unspecified atom stereocenters. The lowest BCUT2D eigenvalue weighted by molar-refractivity contribution is -0.148. The number of aryl methyl sites for hydroxylation is 1. The molecule has 1 atom stereocenters. The van der Waals surface area contributed by atoms with Crippen molar-refractivity contribution in [3.05, 3.63) is 53.1 Å². The number of carbonyl (C=O) groups is 4. The summed E-state index contributed by atoms with van der Waals surface area (Å²) in [6, 6.07) is 6.48. The van der Waals surface area contributed by atoms with Crippen molar-refractivity contribution in [1.29, 1.82) is 0 Å². The van der Waals surface area contributed by atoms with Gasteiger partial charge in [0.25, 0.3) is 5.91 Å². The molecule has 0 aliphatic carbocycles. The highest BCUT2D eigenvalue weighted by molar-refractivity contribution is 6.05. The number of benzene rings is 2. The molecule has 0 bridgehead atoms. The molecular weight excluding hydrogens is 583 g/mol. The van der Waals surface area contributed by atoms with Gasteiger partial charge in [0.2, 0.25) is 0 Å². The maximum atomic E-state index is 14.1. The smallest absolute Gasteiger partial charge is 0.416 e. The van der Waals surface area contributed by atoms with E-state index in [1.54, 1.807) is 41.5 Å². The van der Waals surface area contributed by atoms with E-state index in [0.717, 1.165) is 19.2 Å². The van der Waals surface area contributed by atoms with Gasteiger partial charge in [-0.2, -0.15) is 13.2 Å². The Bertz CT molecular complexity index is 1430. The molecule has 1 N–H and O–H groups in total. The number of piperazine rings is 1. The average Bonchev–Trinajstić information content (AvgIpc) is 2.89. The molecule has 44 heavy (non-hydrogen) atoms. The summed E-state index contributed by atoms with van der Waals surface area (Å²) in [6.45, 7) is 11.3. The molecule has 3 amide bonds. The van der Waals surface area contributed by atoms with Crippen LogP contribution in [-0.2, 0) is 25.2 Å². The van der Waals surface area contributed by atoms with Gasteiger partial charge in [0, 0.05) is 13.1 Å². The number of alkyl halides is 3. The first kappa shape index (κ1) is 34.2. The molecule has 3 rings (SSSR count). The van der Waals surface area contributed by atoms with E-state index in [9.17, 15) is 32.3 Å². The summed E-state index contributed by atoms with van der Waals surface area (Å²) in [5, 5.41) is 2.53. The number of nitrogens with zero attached hydrogens (tertiary/aromatic N) is 2. The largest absolute Gasteiger partial charge is 0.467 e. The van der Waals surface area contributed by atoms with Crippen molar-refractivity contribution < 1.29 is 46.6 Å². The van der Waals surface area contributed by atoms with Crippen LogP contribution in [0, 0.1) is 6.92 Å². The molecule has 0 radical (unpaired) electrons. The minimum Gasteiger partial charge on any atom is -0.467 e. The minimum absolute atomic E-state index is 0.00915. The van der Waals surface area contributed by atoms with Crippen LogP contribution in [-0.4, -0.2) is 77.9 Å². The number of hydrogen-bond donors (Lipinski definition) is 1. The van der Waals surface area contributed by atoms with Crippen LogP contribution in [0.15, 0.2) is 36.4 Å². The van der Waals surface area contributed by atoms with Crippen molar-refractivity contribution in [2.75, 3.05) is 32.1 Å². The number of methoxy groups -OCH3 is 1. The van der Waals surface area contributed by atoms with Gasteiger partial charge in [0.1, 0.15) is 17.2 Å². The van der Waals surface area contributed by atoms with Gasteiger partial charge >= 0.3 is 24.3 Å². The second kappa shape index (κ2) is 12.7. The van der Waals surface area contributed by atoms with Crippen LogP contribution in [0.5, 0.6) is 0 Å². The third-order valence-corrected chi connectivity index (χ3v) is 6.39. The van der Waals surface area contributed by atoms with Crippen molar-refractivity contribution in [1.82, 2.24) is 9.80 Å². The number of anilines is 1. The topological polar surface area (TPSA) is 114 Å². The van der Waals surface area contributed by atoms with Crippen LogP contribution >= 0.6 is 0 Å². The summed E-state index contributed by atoms with van der Waals surface area (Å²) < 4.78 is 56.4. The number of carbonyl (C=O) groups excluding carboxylic acids is 4. The van der Waals surface area contributed by atoms with Crippen molar-refractivity contribution in [3.8, 4) is 11.1 Å². The summed E-state index contributed by atoms with van der Waals surface area (Å²) in [7, 11) is 1.14. The lowest BCUT2D eigenvalue weighted by atomic mass is 9.97. The number of hydrogen-bond acceptors (Lipinski definition) is 7. The molecule has 2 aromatic rings. The lowest BCUT2D eigenvalue weighted by Crippen LogP contribution is -2.60. The Morgan fingerprint density at radius 1 is 0.864 bits per heavy atom. The Labute approximate surface area is 254 Å². The standard InChI is InChI=1S/C31H38F3N3O7/c1-18-13-20(15-21(14-18)31(32,33)34)19-9-10-23(35-27(40)43-29(2,3)4)22(16-19)25(38)37-12-11-36(17-24(37)26(39)42-8)28(41)44-30(5,6)7/h9-10,13-16,24H,11-12,17H2,1-8H3,(H,35,40)/t24-/m0/s1. The number of amides is 3. The van der Waals surface area contributed by atoms with Crippen molar-refractivity contribution in [2.24, 2.45) is 0 Å². The quantitative estimate of drug-likeness (QED) is 0.317. The van der Waals surface area contributed by atoms with E-state index in [1.165, 1.54) is 41.0 Å². The zero-order chi connectivity index (χ0) is 33.2. The third-order valence-electron chi connectivity index (χ3n) is 6.39. The zero-order valence-electron chi connectivity index (χ0n) is 26.0. The van der Waals surface area contributed by atoms with Gasteiger partial charge in [0.15, 0.2) is 0 Å². The summed E-state index contributed by atoms with van der Waals surface area (Å²) in [5.74, 6) is -1.52. The fourth-order valence-electron chi connectivity index (χ4n) is 4.55. The summed E-state index contributed by atoms with van der Waals surface area (Å²) in [4.78, 5) is 54.9. The maximum absolute atomic E-state index is 14.1. The Morgan fingerprint density at radius 2 is 1.50 bits per heavy atom. The highest BCUT2D eigenvalue weighted by Crippen LogP contribution is 2.35. The van der Waals surface area contributed by atoms with Crippen LogP contribution < -0.4 is 5.32 Å². The van der Waals surface area contributed by atoms with E-state index in [-0.39, 0.29) is 42.0 Å². The van der Waals surface area contributed by atoms with Gasteiger partial charge in [-0.15, -0.1) is 0 Å². The second-order valence-corrected chi connectivity index (χ2v) is 12.4. The Kier molecular flexibility index (Phi) is 9.91. The van der Waals surface area contributed by atoms with Crippen LogP contribution in [0.25, 0.3) is 11.1 Å². The first-order valence-electron chi connectivity index (χ1n) is 13.9. The van der Waals surface area contributed by atoms with E-state index in [0.29, 0.717) is 5.56 Å². The lowest BCUT2D eigenvalue weighted by Gasteiger charge is -2.40. The molecule has 1 saturated heterocycles. The number of halogens is 3. The van der Waals surface area contributed by atoms with E-state index >= 15 is 0 Å². The van der Waals surface area contributed by atoms with Crippen molar-refractivity contribution >= 4 is 29.8 Å². The van der Waals surface area contributed by atoms with Gasteiger partial charge in [-0.3, -0.25) is 10.1 Å². The fourth-order valence-corrected chi connectivity index (χ4v) is 4.55. The molecule has 10 nitrogen and oxygen atoms in total. The molecule has 1 aliphatic heterocycles. The van der Waals surface area contributed by atoms with E-state index < -0.39 is 53.0 Å². The number of rotatable bonds is 4. The third kappa shape index (κ3) is 8.87. The van der Waals surface area contributed by atoms with Crippen LogP contribution in [0.1, 0.15) is 63.0 Å². The number of esters is 1. The fraction of sp³-hybridized carbons (Fsp3) is 0.484. The van der Waals surface area contributed by atoms with Crippen LogP contribution in [0.2, 0.25) is 0 Å². The zero-order valence-corrected chi connectivity index (χ0v) is 26.0. The van der Waals surface area contributed by atoms with Gasteiger partial charge in [-0.25, -0.2) is 14.4 Å². The number of ether oxygens (including phenoxy) is 3. The Morgan fingerprint density at radius 3 is 2.07 bits per heavy atom. The average molecular weight is 622 g/mol. The van der Waals surface area contributed by atoms with E-state index in [1.807, 2.05) is 0 Å². The second-order valence-electron chi connectivity index (χ2n) is 12.4. The van der Waals surface area contributed by atoms with Gasteiger partial charge in [-0.1, -0.05) is 12.1 Å². The monoisotopic (exact) mass is 621 g/mol. The minimum atomic E-state index is -4.60. The molecule has 13 heteroatoms. The first-order chi connectivity index (χ1) is 20.2. The molecule has 240 valence electrons. The SMILES string of the molecule is COC(=O)[C@@H]1CN(C(=O)OC(C)(C)C)CCN1C(=O)c1cc(-c2cc(C)cc(C(F)(F)F)c2)ccc1NC(=O)OC(C)(C)C. The highest BCUT2D eigenvalue weighted by Gasteiger charge is 2.40. The molecule has 1 fully saturated rings. The van der Waals surface area contributed by atoms with Crippen LogP contribution in [0.4, 0.5) is 28.4 Å². The normalized spacial score (nSPS) is 15.8. The molecular formula is C31H38F3N3O7. The van der Waals surface area contributed by atoms with Gasteiger partial charge < -0.3 is 24.0 Å². The van der Waals surface area contributed by atoms with Crippen LogP contribution in [0.3, 0.4) is 0 Å². The van der Waals surface area contributed by atoms with E-state index in [2.05, 4.69) is 5.32 Å². The molecule has 1 aliphatic rings. The van der Waals surface area contributed by atoms with Gasteiger partial charge in [0.05, 0.1) is 30.5 Å². The molecule has 0 aromatic heterocycles. The summed E-state index contributed by atoms with van der Waals surface area (Å²) >= 11 is 0. The van der Waals surface area contributed by atoms with E-state index in [4.69, 9.17) is 14.2 Å². The molecule has 0 spiro atoms. The number of nitrogens with one attached hydrogen (secondary N) is 1. The van der Waals surface area contributed by atoms with Crippen molar-refractivity contribution in [2.45, 2.75) is 71.9 Å². The molecule has 0 saturated carbocycles. The summed E-state index contributed by atoms with van der Waals surface area (Å²) in [6.07, 6.45) is -6.14. The van der Waals surface area contributed by atoms with Crippen molar-refractivity contribution in [3.63, 3.8) is 0 Å². The predicted molar refractivity (Wildman–Crippen MR) is 156 cm³/mol. The Balaban J connectivity index is 2.08. The molecule has 2 aromatic carbocycles. The maximum Gasteiger partial charge on any atom is 0.416 e. The first-order valence-corrected chi connectivity index (χ1v) is 13.9. The highest BCUT2D eigenvalue weighted by atomic mass is 19.4. The predicted octanol–water partition coefficient (Wildman–Crippen LogP) is 6.26. The summed E-state index contributed by atoms with van der Waals surface area (Å²) in [5.41, 5.74) is -1.82. The van der Waals surface area contributed by atoms with Gasteiger partial charge in [-0.05, 0) is 89.4 Å².